The van der Waals surface area contributed by atoms with E-state index >= 15 is 0 Å². The van der Waals surface area contributed by atoms with Crippen LogP contribution in [0.4, 0.5) is 0 Å². The summed E-state index contributed by atoms with van der Waals surface area (Å²) in [6.45, 7) is 0.309. The number of methoxy groups -OCH3 is 1. The van der Waals surface area contributed by atoms with Crippen molar-refractivity contribution >= 4 is 35.1 Å². The maximum atomic E-state index is 12.2. The van der Waals surface area contributed by atoms with Crippen LogP contribution in [-0.4, -0.2) is 25.6 Å². The molecule has 0 saturated carbocycles. The van der Waals surface area contributed by atoms with E-state index in [2.05, 4.69) is 5.32 Å². The third kappa shape index (κ3) is 5.93. The number of ether oxygens (including phenoxy) is 2. The minimum Gasteiger partial charge on any atom is -0.492 e. The van der Waals surface area contributed by atoms with E-state index in [1.165, 1.54) is 7.11 Å². The lowest BCUT2D eigenvalue weighted by atomic mass is 10.1. The number of hydrogen-bond acceptors (Lipinski definition) is 4. The number of hydrogen-bond donors (Lipinski definition) is 1. The summed E-state index contributed by atoms with van der Waals surface area (Å²) >= 11 is 11.8. The number of carbonyl (C=O) groups excluding carboxylic acids is 2. The predicted molar refractivity (Wildman–Crippen MR) is 101 cm³/mol. The van der Waals surface area contributed by atoms with Gasteiger partial charge >= 0.3 is 5.97 Å². The first-order valence-corrected chi connectivity index (χ1v) is 8.77. The topological polar surface area (TPSA) is 64.6 Å². The number of nitrogens with one attached hydrogen (secondary N) is 1. The molecule has 5 nitrogen and oxygen atoms in total. The first-order chi connectivity index (χ1) is 12.5. The summed E-state index contributed by atoms with van der Waals surface area (Å²) in [6.07, 6.45) is 0.666. The van der Waals surface area contributed by atoms with Crippen molar-refractivity contribution in [2.75, 3.05) is 13.7 Å². The Morgan fingerprint density at radius 1 is 1.12 bits per heavy atom. The lowest BCUT2D eigenvalue weighted by molar-refractivity contribution is -0.145. The van der Waals surface area contributed by atoms with Crippen molar-refractivity contribution in [1.82, 2.24) is 5.32 Å². The van der Waals surface area contributed by atoms with Crippen LogP contribution < -0.4 is 10.1 Å². The molecule has 0 aliphatic rings. The molecule has 0 fully saturated rings. The summed E-state index contributed by atoms with van der Waals surface area (Å²) in [6, 6.07) is 13.0. The van der Waals surface area contributed by atoms with E-state index < -0.39 is 12.0 Å². The highest BCUT2D eigenvalue weighted by molar-refractivity contribution is 6.35. The van der Waals surface area contributed by atoms with Gasteiger partial charge in [0.15, 0.2) is 6.04 Å². The molecule has 0 spiro atoms. The third-order valence-corrected chi connectivity index (χ3v) is 4.11. The van der Waals surface area contributed by atoms with Gasteiger partial charge in [0.05, 0.1) is 18.7 Å². The van der Waals surface area contributed by atoms with Crippen LogP contribution in [0.5, 0.6) is 5.75 Å². The minimum absolute atomic E-state index is 0.200. The van der Waals surface area contributed by atoms with Crippen molar-refractivity contribution in [2.45, 2.75) is 18.9 Å². The summed E-state index contributed by atoms with van der Waals surface area (Å²) in [7, 11) is 1.29. The molecule has 1 amide bonds. The first-order valence-electron chi connectivity index (χ1n) is 8.01. The van der Waals surface area contributed by atoms with Gasteiger partial charge in [-0.25, -0.2) is 4.79 Å². The minimum atomic E-state index is -0.833. The molecule has 7 heteroatoms. The summed E-state index contributed by atoms with van der Waals surface area (Å²) in [4.78, 5) is 24.1. The lowest BCUT2D eigenvalue weighted by Crippen LogP contribution is -2.34. The Morgan fingerprint density at radius 2 is 1.85 bits per heavy atom. The van der Waals surface area contributed by atoms with E-state index in [9.17, 15) is 9.59 Å². The van der Waals surface area contributed by atoms with Crippen molar-refractivity contribution in [3.8, 4) is 5.75 Å². The number of carbonyl (C=O) groups is 2. The number of halogens is 2. The first kappa shape index (κ1) is 20.1. The van der Waals surface area contributed by atoms with Crippen LogP contribution in [0.2, 0.25) is 10.0 Å². The maximum Gasteiger partial charge on any atom is 0.333 e. The van der Waals surface area contributed by atoms with Gasteiger partial charge in [-0.2, -0.15) is 0 Å². The van der Waals surface area contributed by atoms with Crippen molar-refractivity contribution in [1.29, 1.82) is 0 Å². The van der Waals surface area contributed by atoms with Crippen LogP contribution >= 0.6 is 23.2 Å². The highest BCUT2D eigenvalue weighted by atomic mass is 35.5. The number of rotatable bonds is 8. The molecule has 2 aromatic carbocycles. The van der Waals surface area contributed by atoms with Gasteiger partial charge in [-0.3, -0.25) is 4.79 Å². The van der Waals surface area contributed by atoms with E-state index in [-0.39, 0.29) is 12.3 Å². The lowest BCUT2D eigenvalue weighted by Gasteiger charge is -2.17. The number of esters is 1. The Hall–Kier alpha value is -2.24. The predicted octanol–water partition coefficient (Wildman–Crippen LogP) is 4.18. The Bertz CT molecular complexity index is 752. The Kier molecular flexibility index (Phi) is 7.75. The Morgan fingerprint density at radius 3 is 2.50 bits per heavy atom. The average molecular weight is 396 g/mol. The summed E-state index contributed by atoms with van der Waals surface area (Å²) in [5.74, 6) is -0.281. The van der Waals surface area contributed by atoms with Crippen molar-refractivity contribution in [3.05, 3.63) is 64.1 Å². The fourth-order valence-electron chi connectivity index (χ4n) is 2.28. The standard InChI is InChI=1S/C19H19Cl2NO4/c1-25-19(24)18(13-6-3-2-4-7-13)22-17(23)8-5-11-26-16-10-9-14(20)12-15(16)21/h2-4,6-7,9-10,12,18H,5,8,11H2,1H3,(H,22,23). The molecule has 1 N–H and O–H groups in total. The van der Waals surface area contributed by atoms with Gasteiger partial charge < -0.3 is 14.8 Å². The summed E-state index contributed by atoms with van der Waals surface area (Å²) < 4.78 is 10.3. The normalized spacial score (nSPS) is 11.5. The zero-order valence-corrected chi connectivity index (χ0v) is 15.7. The van der Waals surface area contributed by atoms with Gasteiger partial charge in [-0.05, 0) is 30.2 Å². The van der Waals surface area contributed by atoms with E-state index in [1.54, 1.807) is 42.5 Å². The molecule has 26 heavy (non-hydrogen) atoms. The van der Waals surface area contributed by atoms with Crippen LogP contribution in [0.1, 0.15) is 24.4 Å². The fourth-order valence-corrected chi connectivity index (χ4v) is 2.75. The molecule has 0 bridgehead atoms. The van der Waals surface area contributed by atoms with Gasteiger partial charge in [0.2, 0.25) is 5.91 Å². The van der Waals surface area contributed by atoms with Gasteiger partial charge in [0.1, 0.15) is 5.75 Å². The molecular weight excluding hydrogens is 377 g/mol. The quantitative estimate of drug-likeness (QED) is 0.537. The zero-order chi connectivity index (χ0) is 18.9. The average Bonchev–Trinajstić information content (AvgIpc) is 2.64. The summed E-state index contributed by atoms with van der Waals surface area (Å²) in [5, 5.41) is 3.63. The van der Waals surface area contributed by atoms with Crippen LogP contribution in [0.3, 0.4) is 0 Å². The van der Waals surface area contributed by atoms with Crippen molar-refractivity contribution in [3.63, 3.8) is 0 Å². The largest absolute Gasteiger partial charge is 0.492 e. The molecule has 0 radical (unpaired) electrons. The molecule has 0 heterocycles. The Labute approximate surface area is 162 Å². The van der Waals surface area contributed by atoms with Crippen LogP contribution in [-0.2, 0) is 14.3 Å². The van der Waals surface area contributed by atoms with Crippen LogP contribution in [0.25, 0.3) is 0 Å². The molecule has 0 aliphatic carbocycles. The van der Waals surface area contributed by atoms with Crippen molar-refractivity contribution < 1.29 is 19.1 Å². The molecule has 2 rings (SSSR count). The van der Waals surface area contributed by atoms with Crippen LogP contribution in [0, 0.1) is 0 Å². The second kappa shape index (κ2) is 10.0. The smallest absolute Gasteiger partial charge is 0.333 e. The summed E-state index contributed by atoms with van der Waals surface area (Å²) in [5.41, 5.74) is 0.664. The maximum absolute atomic E-state index is 12.2. The van der Waals surface area contributed by atoms with Gasteiger partial charge in [0.25, 0.3) is 0 Å². The van der Waals surface area contributed by atoms with E-state index in [1.807, 2.05) is 6.07 Å². The van der Waals surface area contributed by atoms with Gasteiger partial charge in [-0.1, -0.05) is 53.5 Å². The zero-order valence-electron chi connectivity index (χ0n) is 14.2. The second-order valence-corrected chi connectivity index (χ2v) is 6.30. The van der Waals surface area contributed by atoms with E-state index in [0.717, 1.165) is 0 Å². The molecule has 0 aromatic heterocycles. The molecule has 1 unspecified atom stereocenters. The van der Waals surface area contributed by atoms with Gasteiger partial charge in [0, 0.05) is 11.4 Å². The molecule has 1 atom stereocenters. The number of amides is 1. The third-order valence-electron chi connectivity index (χ3n) is 3.57. The fraction of sp³-hybridized carbons (Fsp3) is 0.263. The van der Waals surface area contributed by atoms with E-state index in [4.69, 9.17) is 32.7 Å². The van der Waals surface area contributed by atoms with E-state index in [0.29, 0.717) is 34.4 Å². The van der Waals surface area contributed by atoms with Crippen LogP contribution in [0.15, 0.2) is 48.5 Å². The molecule has 2 aromatic rings. The molecular formula is C19H19Cl2NO4. The van der Waals surface area contributed by atoms with Crippen molar-refractivity contribution in [2.24, 2.45) is 0 Å². The highest BCUT2D eigenvalue weighted by Crippen LogP contribution is 2.27. The molecule has 0 saturated heterocycles. The monoisotopic (exact) mass is 395 g/mol. The Balaban J connectivity index is 1.83. The molecule has 0 aliphatic heterocycles. The highest BCUT2D eigenvalue weighted by Gasteiger charge is 2.23. The molecule has 138 valence electrons. The second-order valence-electron chi connectivity index (χ2n) is 5.46. The number of benzene rings is 2. The SMILES string of the molecule is COC(=O)C(NC(=O)CCCOc1ccc(Cl)cc1Cl)c1ccccc1. The van der Waals surface area contributed by atoms with Gasteiger partial charge in [-0.15, -0.1) is 0 Å².